The molecule has 1 heterocycles. The van der Waals surface area contributed by atoms with Gasteiger partial charge in [0.25, 0.3) is 0 Å². The van der Waals surface area contributed by atoms with Crippen LogP contribution in [0.4, 0.5) is 10.5 Å². The molecule has 0 fully saturated rings. The topological polar surface area (TPSA) is 96.3 Å². The van der Waals surface area contributed by atoms with Gasteiger partial charge in [-0.2, -0.15) is 0 Å². The van der Waals surface area contributed by atoms with Gasteiger partial charge in [-0.15, -0.1) is 6.58 Å². The van der Waals surface area contributed by atoms with Crippen LogP contribution in [0, 0.1) is 6.92 Å². The summed E-state index contributed by atoms with van der Waals surface area (Å²) >= 11 is 0. The van der Waals surface area contributed by atoms with Gasteiger partial charge in [-0.25, -0.2) is 14.6 Å². The van der Waals surface area contributed by atoms with E-state index in [1.807, 2.05) is 55.5 Å². The molecule has 3 aromatic carbocycles. The van der Waals surface area contributed by atoms with Gasteiger partial charge in [-0.1, -0.05) is 55.5 Å². The number of anilines is 1. The van der Waals surface area contributed by atoms with Crippen LogP contribution in [0.15, 0.2) is 73.3 Å². The molecule has 7 nitrogen and oxygen atoms in total. The smallest absolute Gasteiger partial charge is 0.336 e. The average molecular weight is 483 g/mol. The molecular formula is C29H30N4O3. The van der Waals surface area contributed by atoms with Gasteiger partial charge in [0.1, 0.15) is 5.82 Å². The molecule has 0 saturated carbocycles. The molecule has 0 saturated heterocycles. The summed E-state index contributed by atoms with van der Waals surface area (Å²) in [6.45, 7) is 8.74. The van der Waals surface area contributed by atoms with Crippen molar-refractivity contribution in [2.24, 2.45) is 0 Å². The highest BCUT2D eigenvalue weighted by molar-refractivity contribution is 5.96. The zero-order valence-corrected chi connectivity index (χ0v) is 20.5. The Kier molecular flexibility index (Phi) is 7.49. The minimum atomic E-state index is -0.943. The lowest BCUT2D eigenvalue weighted by Gasteiger charge is -2.12. The summed E-state index contributed by atoms with van der Waals surface area (Å²) in [5, 5.41) is 15.2. The maximum atomic E-state index is 12.2. The number of nitrogens with one attached hydrogen (secondary N) is 2. The predicted octanol–water partition coefficient (Wildman–Crippen LogP) is 6.02. The molecule has 0 aliphatic rings. The zero-order chi connectivity index (χ0) is 25.7. The van der Waals surface area contributed by atoms with Crippen molar-refractivity contribution < 1.29 is 14.7 Å². The van der Waals surface area contributed by atoms with Gasteiger partial charge in [0.15, 0.2) is 0 Å². The first-order chi connectivity index (χ1) is 17.4. The number of urea groups is 1. The fourth-order valence-electron chi connectivity index (χ4n) is 4.34. The maximum absolute atomic E-state index is 12.2. The molecular weight excluding hydrogens is 452 g/mol. The summed E-state index contributed by atoms with van der Waals surface area (Å²) in [7, 11) is 0. The molecule has 0 unspecified atom stereocenters. The number of carbonyl (C=O) groups is 2. The van der Waals surface area contributed by atoms with E-state index in [1.165, 1.54) is 0 Å². The molecule has 36 heavy (non-hydrogen) atoms. The average Bonchev–Trinajstić information content (AvgIpc) is 3.21. The van der Waals surface area contributed by atoms with Gasteiger partial charge in [-0.05, 0) is 53.8 Å². The lowest BCUT2D eigenvalue weighted by Crippen LogP contribution is -2.28. The predicted molar refractivity (Wildman–Crippen MR) is 144 cm³/mol. The van der Waals surface area contributed by atoms with E-state index in [2.05, 4.69) is 28.7 Å². The van der Waals surface area contributed by atoms with Crippen LogP contribution in [0.3, 0.4) is 0 Å². The van der Waals surface area contributed by atoms with Gasteiger partial charge >= 0.3 is 12.0 Å². The molecule has 1 aromatic heterocycles. The number of hydrogen-bond donors (Lipinski definition) is 3. The van der Waals surface area contributed by atoms with E-state index in [1.54, 1.807) is 18.2 Å². The Morgan fingerprint density at radius 2 is 1.86 bits per heavy atom. The SMILES string of the molecule is C=CCNC(=O)Nc1cc(C)c2nc(CCC)n(Cc3ccc(-c4ccccc4C(=O)O)cc3)c2c1. The Morgan fingerprint density at radius 1 is 1.11 bits per heavy atom. The molecule has 0 atom stereocenters. The summed E-state index contributed by atoms with van der Waals surface area (Å²) in [5.74, 6) is 0.0471. The van der Waals surface area contributed by atoms with Crippen molar-refractivity contribution in [1.82, 2.24) is 14.9 Å². The molecule has 0 radical (unpaired) electrons. The van der Waals surface area contributed by atoms with E-state index in [0.29, 0.717) is 24.3 Å². The van der Waals surface area contributed by atoms with E-state index in [9.17, 15) is 14.7 Å². The number of benzene rings is 3. The number of aryl methyl sites for hydroxylation is 2. The molecule has 2 amide bonds. The van der Waals surface area contributed by atoms with Crippen molar-refractivity contribution in [1.29, 1.82) is 0 Å². The number of carboxylic acids is 1. The standard InChI is InChI=1S/C29H30N4O3/c1-4-8-26-32-27-19(3)16-22(31-29(36)30-15-5-2)17-25(27)33(26)18-20-11-13-21(14-12-20)23-9-6-7-10-24(23)28(34)35/h5-7,9-14,16-17H,2,4,8,15,18H2,1,3H3,(H,34,35)(H2,30,31,36). The number of aromatic carboxylic acids is 1. The van der Waals surface area contributed by atoms with Crippen LogP contribution in [0.25, 0.3) is 22.2 Å². The van der Waals surface area contributed by atoms with Gasteiger partial charge in [0, 0.05) is 25.2 Å². The highest BCUT2D eigenvalue weighted by Gasteiger charge is 2.15. The van der Waals surface area contributed by atoms with Crippen LogP contribution in [0.1, 0.15) is 40.7 Å². The second kappa shape index (κ2) is 10.9. The number of hydrogen-bond acceptors (Lipinski definition) is 3. The molecule has 0 spiro atoms. The third kappa shape index (κ3) is 5.30. The molecule has 7 heteroatoms. The monoisotopic (exact) mass is 482 g/mol. The number of fused-ring (bicyclic) bond motifs is 1. The maximum Gasteiger partial charge on any atom is 0.336 e. The Hall–Kier alpha value is -4.39. The Balaban J connectivity index is 1.68. The molecule has 3 N–H and O–H groups in total. The largest absolute Gasteiger partial charge is 0.478 e. The second-order valence-corrected chi connectivity index (χ2v) is 8.70. The lowest BCUT2D eigenvalue weighted by molar-refractivity contribution is 0.0697. The minimum absolute atomic E-state index is 0.281. The first-order valence-corrected chi connectivity index (χ1v) is 12.0. The summed E-state index contributed by atoms with van der Waals surface area (Å²) in [4.78, 5) is 28.7. The van der Waals surface area contributed by atoms with E-state index in [-0.39, 0.29) is 11.6 Å². The highest BCUT2D eigenvalue weighted by atomic mass is 16.4. The van der Waals surface area contributed by atoms with Gasteiger partial charge in [0.05, 0.1) is 16.6 Å². The van der Waals surface area contributed by atoms with Crippen molar-refractivity contribution in [2.45, 2.75) is 33.2 Å². The molecule has 0 aliphatic carbocycles. The van der Waals surface area contributed by atoms with Crippen molar-refractivity contribution >= 4 is 28.7 Å². The number of nitrogens with zero attached hydrogens (tertiary/aromatic N) is 2. The molecule has 4 aromatic rings. The number of imidazole rings is 1. The number of aromatic nitrogens is 2. The Labute approximate surface area is 210 Å². The number of carbonyl (C=O) groups excluding carboxylic acids is 1. The van der Waals surface area contributed by atoms with Gasteiger partial charge in [0.2, 0.25) is 0 Å². The summed E-state index contributed by atoms with van der Waals surface area (Å²) < 4.78 is 2.19. The zero-order valence-electron chi connectivity index (χ0n) is 20.5. The van der Waals surface area contributed by atoms with Crippen molar-refractivity contribution in [3.63, 3.8) is 0 Å². The fourth-order valence-corrected chi connectivity index (χ4v) is 4.34. The van der Waals surface area contributed by atoms with Crippen molar-refractivity contribution in [3.8, 4) is 11.1 Å². The van der Waals surface area contributed by atoms with E-state index in [0.717, 1.165) is 46.4 Å². The number of amides is 2. The van der Waals surface area contributed by atoms with Crippen LogP contribution in [0.5, 0.6) is 0 Å². The van der Waals surface area contributed by atoms with Crippen molar-refractivity contribution in [2.75, 3.05) is 11.9 Å². The first-order valence-electron chi connectivity index (χ1n) is 12.0. The van der Waals surface area contributed by atoms with E-state index in [4.69, 9.17) is 4.98 Å². The quantitative estimate of drug-likeness (QED) is 0.254. The van der Waals surface area contributed by atoms with Crippen LogP contribution in [-0.2, 0) is 13.0 Å². The minimum Gasteiger partial charge on any atom is -0.478 e. The number of rotatable bonds is 9. The van der Waals surface area contributed by atoms with E-state index >= 15 is 0 Å². The van der Waals surface area contributed by atoms with Crippen LogP contribution in [0.2, 0.25) is 0 Å². The van der Waals surface area contributed by atoms with Gasteiger partial charge in [-0.3, -0.25) is 0 Å². The highest BCUT2D eigenvalue weighted by Crippen LogP contribution is 2.28. The third-order valence-corrected chi connectivity index (χ3v) is 6.03. The molecule has 0 bridgehead atoms. The molecule has 0 aliphatic heterocycles. The van der Waals surface area contributed by atoms with Crippen molar-refractivity contribution in [3.05, 3.63) is 95.8 Å². The number of carboxylic acid groups (broad SMARTS) is 1. The molecule has 184 valence electrons. The third-order valence-electron chi connectivity index (χ3n) is 6.03. The summed E-state index contributed by atoms with van der Waals surface area (Å²) in [6.07, 6.45) is 3.43. The van der Waals surface area contributed by atoms with Crippen LogP contribution >= 0.6 is 0 Å². The lowest BCUT2D eigenvalue weighted by atomic mass is 9.99. The van der Waals surface area contributed by atoms with Crippen LogP contribution < -0.4 is 10.6 Å². The first kappa shape index (κ1) is 24.7. The normalized spacial score (nSPS) is 10.8. The fraction of sp³-hybridized carbons (Fsp3) is 0.207. The van der Waals surface area contributed by atoms with Gasteiger partial charge < -0.3 is 20.3 Å². The summed E-state index contributed by atoms with van der Waals surface area (Å²) in [6, 6.07) is 18.6. The Bertz CT molecular complexity index is 1420. The van der Waals surface area contributed by atoms with E-state index < -0.39 is 5.97 Å². The Morgan fingerprint density at radius 3 is 2.56 bits per heavy atom. The second-order valence-electron chi connectivity index (χ2n) is 8.70. The summed E-state index contributed by atoms with van der Waals surface area (Å²) in [5.41, 5.74) is 6.47. The molecule has 4 rings (SSSR count). The van der Waals surface area contributed by atoms with Crippen LogP contribution in [-0.4, -0.2) is 33.2 Å².